The van der Waals surface area contributed by atoms with E-state index in [-0.39, 0.29) is 17.2 Å². The molecule has 0 aliphatic carbocycles. The molecular weight excluding hydrogens is 442 g/mol. The maximum atomic E-state index is 12.7. The summed E-state index contributed by atoms with van der Waals surface area (Å²) in [5.74, 6) is -0.474. The second-order valence-corrected chi connectivity index (χ2v) is 9.15. The Morgan fingerprint density at radius 1 is 1.14 bits per heavy atom. The Morgan fingerprint density at radius 2 is 1.82 bits per heavy atom. The first-order valence-electron chi connectivity index (χ1n) is 8.93. The average molecular weight is 467 g/mol. The Bertz CT molecular complexity index is 878. The smallest absolute Gasteiger partial charge is 0.267 e. The number of hydrogen-bond acceptors (Lipinski definition) is 3. The summed E-state index contributed by atoms with van der Waals surface area (Å²) >= 11 is 9.54. The summed E-state index contributed by atoms with van der Waals surface area (Å²) in [7, 11) is 0. The summed E-state index contributed by atoms with van der Waals surface area (Å²) in [6, 6.07) is 10.9. The van der Waals surface area contributed by atoms with Gasteiger partial charge in [-0.15, -0.1) is 0 Å². The second-order valence-electron chi connectivity index (χ2n) is 7.83. The number of carbonyl (C=O) groups excluding carboxylic acids is 2. The van der Waals surface area contributed by atoms with Crippen molar-refractivity contribution in [1.82, 2.24) is 10.9 Å². The van der Waals surface area contributed by atoms with Crippen LogP contribution in [0.1, 0.15) is 48.7 Å². The predicted molar refractivity (Wildman–Crippen MR) is 117 cm³/mol. The Balaban J connectivity index is 2.13. The van der Waals surface area contributed by atoms with E-state index in [1.54, 1.807) is 12.1 Å². The third kappa shape index (κ3) is 6.62. The second kappa shape index (κ2) is 9.54. The molecule has 0 saturated heterocycles. The number of amides is 2. The fraction of sp³-hybridized carbons (Fsp3) is 0.333. The van der Waals surface area contributed by atoms with Crippen LogP contribution in [0.25, 0.3) is 0 Å². The highest BCUT2D eigenvalue weighted by Crippen LogP contribution is 2.27. The van der Waals surface area contributed by atoms with Crippen LogP contribution in [0.15, 0.2) is 40.9 Å². The Hall–Kier alpha value is -1.89. The maximum Gasteiger partial charge on any atom is 0.267 e. The largest absolute Gasteiger partial charge is 0.325 e. The zero-order chi connectivity index (χ0) is 20.9. The molecule has 150 valence electrons. The summed E-state index contributed by atoms with van der Waals surface area (Å²) in [5, 5.41) is 3.51. The predicted octanol–water partition coefficient (Wildman–Crippen LogP) is 5.22. The van der Waals surface area contributed by atoms with Crippen LogP contribution in [-0.4, -0.2) is 11.8 Å². The van der Waals surface area contributed by atoms with Gasteiger partial charge in [0.05, 0.1) is 11.3 Å². The fourth-order valence-corrected chi connectivity index (χ4v) is 3.46. The molecule has 7 heteroatoms. The van der Waals surface area contributed by atoms with E-state index in [9.17, 15) is 9.59 Å². The molecule has 0 heterocycles. The summed E-state index contributed by atoms with van der Waals surface area (Å²) < 4.78 is 0.759. The minimum Gasteiger partial charge on any atom is -0.325 e. The van der Waals surface area contributed by atoms with Crippen molar-refractivity contribution >= 4 is 45.0 Å². The lowest BCUT2D eigenvalue weighted by atomic mass is 9.92. The highest BCUT2D eigenvalue weighted by Gasteiger charge is 2.20. The molecule has 28 heavy (non-hydrogen) atoms. The molecule has 0 aliphatic heterocycles. The first-order valence-corrected chi connectivity index (χ1v) is 10.1. The van der Waals surface area contributed by atoms with Crippen molar-refractivity contribution in [3.05, 3.63) is 62.6 Å². The Morgan fingerprint density at radius 3 is 2.46 bits per heavy atom. The Labute approximate surface area is 179 Å². The van der Waals surface area contributed by atoms with Crippen molar-refractivity contribution in [2.45, 2.75) is 40.7 Å². The van der Waals surface area contributed by atoms with Crippen LogP contribution in [0.5, 0.6) is 0 Å². The number of hydrogen-bond donors (Lipinski definition) is 3. The number of aryl methyl sites for hydroxylation is 1. The van der Waals surface area contributed by atoms with Crippen LogP contribution in [0.4, 0.5) is 5.69 Å². The van der Waals surface area contributed by atoms with Gasteiger partial charge in [-0.05, 0) is 41.7 Å². The molecule has 0 radical (unpaired) electrons. The monoisotopic (exact) mass is 465 g/mol. The summed E-state index contributed by atoms with van der Waals surface area (Å²) in [6.45, 7) is 8.21. The van der Waals surface area contributed by atoms with Gasteiger partial charge >= 0.3 is 0 Å². The van der Waals surface area contributed by atoms with Crippen molar-refractivity contribution in [1.29, 1.82) is 0 Å². The van der Waals surface area contributed by atoms with E-state index in [1.807, 2.05) is 52.0 Å². The molecule has 2 amide bonds. The van der Waals surface area contributed by atoms with Crippen molar-refractivity contribution in [2.24, 2.45) is 5.41 Å². The van der Waals surface area contributed by atoms with Gasteiger partial charge < -0.3 is 5.32 Å². The van der Waals surface area contributed by atoms with E-state index in [0.717, 1.165) is 15.6 Å². The van der Waals surface area contributed by atoms with Crippen LogP contribution in [0.3, 0.4) is 0 Å². The number of hydrazine groups is 1. The maximum absolute atomic E-state index is 12.7. The van der Waals surface area contributed by atoms with Crippen molar-refractivity contribution in [3.63, 3.8) is 0 Å². The van der Waals surface area contributed by atoms with E-state index in [4.69, 9.17) is 11.6 Å². The summed E-state index contributed by atoms with van der Waals surface area (Å²) in [6.07, 6.45) is 0.355. The number of benzene rings is 2. The van der Waals surface area contributed by atoms with E-state index >= 15 is 0 Å². The molecule has 5 nitrogen and oxygen atoms in total. The van der Waals surface area contributed by atoms with E-state index in [1.165, 1.54) is 0 Å². The molecule has 0 atom stereocenters. The molecular formula is C21H25BrClN3O2. The number of rotatable bonds is 6. The molecule has 0 fully saturated rings. The zero-order valence-electron chi connectivity index (χ0n) is 16.5. The number of anilines is 1. The quantitative estimate of drug-likeness (QED) is 0.511. The minimum atomic E-state index is -0.345. The molecule has 0 saturated carbocycles. The fourth-order valence-electron chi connectivity index (χ4n) is 2.68. The van der Waals surface area contributed by atoms with Gasteiger partial charge in [-0.2, -0.15) is 0 Å². The number of nitrogens with one attached hydrogen (secondary N) is 3. The SMILES string of the molecule is Cc1cc(Br)cc(C(=O)NNCc2ccccc2Cl)c1NC(=O)CC(C)(C)C. The average Bonchev–Trinajstić information content (AvgIpc) is 2.57. The molecule has 0 bridgehead atoms. The lowest BCUT2D eigenvalue weighted by Gasteiger charge is -2.20. The van der Waals surface area contributed by atoms with Gasteiger partial charge in [-0.1, -0.05) is 66.5 Å². The van der Waals surface area contributed by atoms with Gasteiger partial charge in [0.1, 0.15) is 0 Å². The van der Waals surface area contributed by atoms with Gasteiger partial charge in [0.25, 0.3) is 5.91 Å². The third-order valence-corrected chi connectivity index (χ3v) is 4.77. The molecule has 2 rings (SSSR count). The van der Waals surface area contributed by atoms with Crippen molar-refractivity contribution in [3.8, 4) is 0 Å². The minimum absolute atomic E-state index is 0.129. The summed E-state index contributed by atoms with van der Waals surface area (Å²) in [5.41, 5.74) is 7.96. The topological polar surface area (TPSA) is 70.2 Å². The van der Waals surface area contributed by atoms with E-state index in [0.29, 0.717) is 29.2 Å². The van der Waals surface area contributed by atoms with Crippen LogP contribution >= 0.6 is 27.5 Å². The summed E-state index contributed by atoms with van der Waals surface area (Å²) in [4.78, 5) is 25.1. The normalized spacial score (nSPS) is 11.2. The first-order chi connectivity index (χ1) is 13.1. The standard InChI is InChI=1S/C21H25BrClN3O2/c1-13-9-15(22)10-16(19(13)25-18(27)11-21(2,3)4)20(28)26-24-12-14-7-5-6-8-17(14)23/h5-10,24H,11-12H2,1-4H3,(H,25,27)(H,26,28). The van der Waals surface area contributed by atoms with Crippen LogP contribution in [0.2, 0.25) is 5.02 Å². The van der Waals surface area contributed by atoms with Gasteiger partial charge in [0.2, 0.25) is 5.91 Å². The highest BCUT2D eigenvalue weighted by atomic mass is 79.9. The van der Waals surface area contributed by atoms with Crippen molar-refractivity contribution < 1.29 is 9.59 Å². The van der Waals surface area contributed by atoms with E-state index in [2.05, 4.69) is 32.1 Å². The lowest BCUT2D eigenvalue weighted by molar-refractivity contribution is -0.117. The van der Waals surface area contributed by atoms with Gasteiger partial charge in [-0.25, -0.2) is 5.43 Å². The highest BCUT2D eigenvalue weighted by molar-refractivity contribution is 9.10. The number of halogens is 2. The molecule has 0 spiro atoms. The van der Waals surface area contributed by atoms with Crippen LogP contribution in [-0.2, 0) is 11.3 Å². The van der Waals surface area contributed by atoms with Crippen molar-refractivity contribution in [2.75, 3.05) is 5.32 Å². The van der Waals surface area contributed by atoms with Gasteiger partial charge in [0, 0.05) is 22.5 Å². The van der Waals surface area contributed by atoms with Crippen LogP contribution < -0.4 is 16.2 Å². The molecule has 2 aromatic carbocycles. The van der Waals surface area contributed by atoms with Gasteiger partial charge in [-0.3, -0.25) is 15.0 Å². The molecule has 0 aliphatic rings. The molecule has 0 unspecified atom stereocenters. The molecule has 0 aromatic heterocycles. The van der Waals surface area contributed by atoms with E-state index < -0.39 is 0 Å². The first kappa shape index (κ1) is 22.4. The lowest BCUT2D eigenvalue weighted by Crippen LogP contribution is -2.37. The third-order valence-electron chi connectivity index (χ3n) is 3.94. The molecule has 3 N–H and O–H groups in total. The molecule has 2 aromatic rings. The Kier molecular flexibility index (Phi) is 7.63. The van der Waals surface area contributed by atoms with Crippen LogP contribution in [0, 0.1) is 12.3 Å². The zero-order valence-corrected chi connectivity index (χ0v) is 18.8. The van der Waals surface area contributed by atoms with Gasteiger partial charge in [0.15, 0.2) is 0 Å². The number of carbonyl (C=O) groups is 2.